The fraction of sp³-hybridized carbons (Fsp3) is 0.737. The number of rotatable bonds is 5. The van der Waals surface area contributed by atoms with Crippen LogP contribution in [0.4, 0.5) is 0 Å². The Bertz CT molecular complexity index is 534. The summed E-state index contributed by atoms with van der Waals surface area (Å²) in [6, 6.07) is 0.645. The largest absolute Gasteiger partial charge is 0.384 e. The molecule has 3 aliphatic rings. The van der Waals surface area contributed by atoms with Gasteiger partial charge < -0.3 is 26.7 Å². The molecule has 0 saturated carbocycles. The van der Waals surface area contributed by atoms with Crippen LogP contribution in [0.5, 0.6) is 0 Å². The van der Waals surface area contributed by atoms with Crippen molar-refractivity contribution in [2.75, 3.05) is 45.8 Å². The van der Waals surface area contributed by atoms with Gasteiger partial charge in [0.1, 0.15) is 17.7 Å². The highest BCUT2D eigenvalue weighted by Gasteiger charge is 2.27. The molecule has 7 nitrogen and oxygen atoms in total. The molecule has 146 valence electrons. The maximum absolute atomic E-state index is 5.88. The number of hydrazone groups is 1. The van der Waals surface area contributed by atoms with E-state index in [1.807, 2.05) is 12.2 Å². The third kappa shape index (κ3) is 4.71. The number of piperidine rings is 1. The summed E-state index contributed by atoms with van der Waals surface area (Å²) >= 11 is 0. The van der Waals surface area contributed by atoms with E-state index in [2.05, 4.69) is 38.1 Å². The van der Waals surface area contributed by atoms with Gasteiger partial charge in [-0.3, -0.25) is 4.90 Å². The molecular formula is C19H35N7. The molecule has 0 aromatic rings. The summed E-state index contributed by atoms with van der Waals surface area (Å²) in [7, 11) is 0. The first-order chi connectivity index (χ1) is 12.7. The smallest absolute Gasteiger partial charge is 0.146 e. The van der Waals surface area contributed by atoms with E-state index in [0.29, 0.717) is 5.84 Å². The van der Waals surface area contributed by atoms with Gasteiger partial charge in [0, 0.05) is 32.2 Å². The van der Waals surface area contributed by atoms with E-state index in [1.54, 1.807) is 0 Å². The fourth-order valence-corrected chi connectivity index (χ4v) is 4.33. The monoisotopic (exact) mass is 361 g/mol. The van der Waals surface area contributed by atoms with Gasteiger partial charge in [0.05, 0.1) is 0 Å². The van der Waals surface area contributed by atoms with Gasteiger partial charge in [0.25, 0.3) is 0 Å². The molecule has 3 aliphatic heterocycles. The lowest BCUT2D eigenvalue weighted by Crippen LogP contribution is -2.47. The Labute approximate surface area is 157 Å². The van der Waals surface area contributed by atoms with E-state index < -0.39 is 0 Å². The molecule has 0 aromatic carbocycles. The Kier molecular flexibility index (Phi) is 6.80. The summed E-state index contributed by atoms with van der Waals surface area (Å²) in [5, 5.41) is 7.08. The first kappa shape index (κ1) is 19.0. The van der Waals surface area contributed by atoms with E-state index >= 15 is 0 Å². The maximum Gasteiger partial charge on any atom is 0.146 e. The van der Waals surface area contributed by atoms with Crippen molar-refractivity contribution >= 4 is 5.84 Å². The first-order valence-electron chi connectivity index (χ1n) is 10.1. The molecule has 3 rings (SSSR count). The van der Waals surface area contributed by atoms with Crippen molar-refractivity contribution in [1.82, 2.24) is 20.0 Å². The van der Waals surface area contributed by atoms with E-state index in [1.165, 1.54) is 51.9 Å². The number of nitrogens with zero attached hydrogens (tertiary/aromatic N) is 4. The molecule has 26 heavy (non-hydrogen) atoms. The number of allylic oxidation sites excluding steroid dienone is 2. The highest BCUT2D eigenvalue weighted by atomic mass is 15.3. The second kappa shape index (κ2) is 9.28. The standard InChI is InChI=1S/C19H35N7/c1-2-9-24-12-7-16(8-13-24)25-10-4-11-26(15-14-25)18-6-3-5-17(22-18)19(20)23-21/h3,5-6,16-17,22H,2,4,7-15,21H2,1H3,(H2,20,23). The van der Waals surface area contributed by atoms with E-state index in [0.717, 1.165) is 31.5 Å². The van der Waals surface area contributed by atoms with Crippen molar-refractivity contribution in [3.8, 4) is 0 Å². The molecular weight excluding hydrogens is 326 g/mol. The Hall–Kier alpha value is -1.73. The van der Waals surface area contributed by atoms with Gasteiger partial charge in [-0.15, -0.1) is 0 Å². The van der Waals surface area contributed by atoms with Gasteiger partial charge in [-0.2, -0.15) is 5.10 Å². The number of hydrogen-bond donors (Lipinski definition) is 3. The predicted molar refractivity (Wildman–Crippen MR) is 107 cm³/mol. The van der Waals surface area contributed by atoms with Gasteiger partial charge in [0.2, 0.25) is 0 Å². The molecule has 0 spiro atoms. The molecule has 7 heteroatoms. The number of nitrogens with two attached hydrogens (primary N) is 2. The quantitative estimate of drug-likeness (QED) is 0.286. The summed E-state index contributed by atoms with van der Waals surface area (Å²) in [6.45, 7) is 10.5. The molecule has 2 fully saturated rings. The van der Waals surface area contributed by atoms with Gasteiger partial charge >= 0.3 is 0 Å². The maximum atomic E-state index is 5.88. The Balaban J connectivity index is 1.51. The van der Waals surface area contributed by atoms with Crippen molar-refractivity contribution in [3.05, 3.63) is 24.0 Å². The molecule has 2 saturated heterocycles. The summed E-state index contributed by atoms with van der Waals surface area (Å²) in [6.07, 6.45) is 11.2. The number of hydrogen-bond acceptors (Lipinski definition) is 6. The van der Waals surface area contributed by atoms with Crippen LogP contribution in [-0.2, 0) is 0 Å². The third-order valence-corrected chi connectivity index (χ3v) is 5.81. The number of nitrogens with one attached hydrogen (secondary N) is 1. The minimum atomic E-state index is -0.109. The highest BCUT2D eigenvalue weighted by molar-refractivity contribution is 5.87. The minimum Gasteiger partial charge on any atom is -0.384 e. The average Bonchev–Trinajstić information content (AvgIpc) is 2.94. The van der Waals surface area contributed by atoms with Gasteiger partial charge in [-0.05, 0) is 51.4 Å². The zero-order chi connectivity index (χ0) is 18.4. The predicted octanol–water partition coefficient (Wildman–Crippen LogP) is 0.469. The first-order valence-corrected chi connectivity index (χ1v) is 10.1. The molecule has 0 aromatic heterocycles. The topological polar surface area (TPSA) is 86.2 Å². The van der Waals surface area contributed by atoms with E-state index in [9.17, 15) is 0 Å². The minimum absolute atomic E-state index is 0.109. The van der Waals surface area contributed by atoms with Crippen LogP contribution in [0.1, 0.15) is 32.6 Å². The lowest BCUT2D eigenvalue weighted by molar-refractivity contribution is 0.111. The summed E-state index contributed by atoms with van der Waals surface area (Å²) in [5.74, 6) is 6.87. The average molecular weight is 362 g/mol. The number of dihydropyridines is 1. The number of likely N-dealkylation sites (tertiary alicyclic amines) is 1. The van der Waals surface area contributed by atoms with Crippen molar-refractivity contribution in [2.45, 2.75) is 44.7 Å². The van der Waals surface area contributed by atoms with Crippen LogP contribution in [0, 0.1) is 0 Å². The molecule has 1 unspecified atom stereocenters. The summed E-state index contributed by atoms with van der Waals surface area (Å²) < 4.78 is 0. The molecule has 0 aliphatic carbocycles. The van der Waals surface area contributed by atoms with Crippen LogP contribution in [0.25, 0.3) is 0 Å². The molecule has 5 N–H and O–H groups in total. The van der Waals surface area contributed by atoms with E-state index in [-0.39, 0.29) is 6.04 Å². The zero-order valence-electron chi connectivity index (χ0n) is 16.1. The van der Waals surface area contributed by atoms with Gasteiger partial charge in [-0.25, -0.2) is 0 Å². The Morgan fingerprint density at radius 1 is 1.19 bits per heavy atom. The number of amidine groups is 1. The van der Waals surface area contributed by atoms with E-state index in [4.69, 9.17) is 11.6 Å². The second-order valence-electron chi connectivity index (χ2n) is 7.56. The van der Waals surface area contributed by atoms with Gasteiger partial charge in [0.15, 0.2) is 0 Å². The van der Waals surface area contributed by atoms with Crippen molar-refractivity contribution in [1.29, 1.82) is 0 Å². The molecule has 0 bridgehead atoms. The molecule has 0 amide bonds. The lowest BCUT2D eigenvalue weighted by atomic mass is 10.0. The molecule has 1 atom stereocenters. The van der Waals surface area contributed by atoms with Crippen LogP contribution in [-0.4, -0.2) is 78.4 Å². The zero-order valence-corrected chi connectivity index (χ0v) is 16.1. The Morgan fingerprint density at radius 3 is 2.73 bits per heavy atom. The summed E-state index contributed by atoms with van der Waals surface area (Å²) in [5.41, 5.74) is 5.88. The molecule has 0 radical (unpaired) electrons. The fourth-order valence-electron chi connectivity index (χ4n) is 4.33. The van der Waals surface area contributed by atoms with Gasteiger partial charge in [-0.1, -0.05) is 19.1 Å². The van der Waals surface area contributed by atoms with Crippen LogP contribution in [0.15, 0.2) is 29.2 Å². The van der Waals surface area contributed by atoms with Crippen LogP contribution in [0.2, 0.25) is 0 Å². The van der Waals surface area contributed by atoms with Crippen molar-refractivity contribution in [3.63, 3.8) is 0 Å². The molecule has 3 heterocycles. The highest BCUT2D eigenvalue weighted by Crippen LogP contribution is 2.20. The SMILES string of the molecule is CCCN1CCC(N2CCCN(C3=CC=CC(C(N)=NN)N3)CC2)CC1. The van der Waals surface area contributed by atoms with Crippen LogP contribution < -0.4 is 16.9 Å². The second-order valence-corrected chi connectivity index (χ2v) is 7.56. The van der Waals surface area contributed by atoms with Crippen LogP contribution in [0.3, 0.4) is 0 Å². The van der Waals surface area contributed by atoms with Crippen LogP contribution >= 0.6 is 0 Å². The van der Waals surface area contributed by atoms with Crippen molar-refractivity contribution in [2.24, 2.45) is 16.7 Å². The summed E-state index contributed by atoms with van der Waals surface area (Å²) in [4.78, 5) is 7.77. The Morgan fingerprint density at radius 2 is 2.00 bits per heavy atom. The van der Waals surface area contributed by atoms with Crippen molar-refractivity contribution < 1.29 is 0 Å². The third-order valence-electron chi connectivity index (χ3n) is 5.81. The lowest BCUT2D eigenvalue weighted by Gasteiger charge is -2.38. The normalized spacial score (nSPS) is 27.1.